The quantitative estimate of drug-likeness (QED) is 0.679. The minimum atomic E-state index is -4.40. The van der Waals surface area contributed by atoms with E-state index in [9.17, 15) is 18.0 Å². The summed E-state index contributed by atoms with van der Waals surface area (Å²) >= 11 is 3.43. The van der Waals surface area contributed by atoms with Gasteiger partial charge in [0.05, 0.1) is 0 Å². The molecule has 0 spiro atoms. The molecule has 88 valence electrons. The van der Waals surface area contributed by atoms with Crippen LogP contribution in [0.5, 0.6) is 0 Å². The van der Waals surface area contributed by atoms with E-state index in [4.69, 9.17) is 0 Å². The fourth-order valence-electron chi connectivity index (χ4n) is 1.63. The van der Waals surface area contributed by atoms with Crippen molar-refractivity contribution in [3.63, 3.8) is 0 Å². The molecule has 1 fully saturated rings. The highest BCUT2D eigenvalue weighted by Crippen LogP contribution is 2.26. The van der Waals surface area contributed by atoms with E-state index in [2.05, 4.69) is 15.9 Å². The molecule has 0 N–H and O–H groups in total. The molecule has 15 heavy (non-hydrogen) atoms. The minimum Gasteiger partial charge on any atom is -0.342 e. The normalized spacial score (nSPS) is 27.9. The van der Waals surface area contributed by atoms with Gasteiger partial charge in [0.2, 0.25) is 5.91 Å². The van der Waals surface area contributed by atoms with Gasteiger partial charge in [0.25, 0.3) is 0 Å². The highest BCUT2D eigenvalue weighted by atomic mass is 79.9. The summed E-state index contributed by atoms with van der Waals surface area (Å²) in [6.45, 7) is 2.74. The molecule has 0 radical (unpaired) electrons. The van der Waals surface area contributed by atoms with Crippen LogP contribution in [0, 0.1) is 5.92 Å². The van der Waals surface area contributed by atoms with Crippen molar-refractivity contribution in [1.82, 2.24) is 4.90 Å². The van der Waals surface area contributed by atoms with Gasteiger partial charge >= 0.3 is 6.18 Å². The lowest BCUT2D eigenvalue weighted by Crippen LogP contribution is -2.44. The zero-order valence-corrected chi connectivity index (χ0v) is 9.94. The largest absolute Gasteiger partial charge is 0.397 e. The summed E-state index contributed by atoms with van der Waals surface area (Å²) in [6, 6.07) is 0. The summed E-state index contributed by atoms with van der Waals surface area (Å²) < 4.78 is 35.9. The summed E-state index contributed by atoms with van der Waals surface area (Å²) in [5.41, 5.74) is 0. The van der Waals surface area contributed by atoms with E-state index in [1.54, 1.807) is 0 Å². The molecule has 1 saturated heterocycles. The van der Waals surface area contributed by atoms with Gasteiger partial charge in [0, 0.05) is 17.9 Å². The van der Waals surface area contributed by atoms with Gasteiger partial charge in [0.15, 0.2) is 0 Å². The van der Waals surface area contributed by atoms with Crippen molar-refractivity contribution in [2.75, 3.05) is 13.1 Å². The number of alkyl halides is 4. The minimum absolute atomic E-state index is 0.205. The summed E-state index contributed by atoms with van der Waals surface area (Å²) in [4.78, 5) is 12.9. The van der Waals surface area contributed by atoms with E-state index in [1.165, 1.54) is 4.90 Å². The SMILES string of the molecule is CC1CN(C(=O)CC(F)(F)F)CCC1Br. The molecule has 0 aromatic carbocycles. The van der Waals surface area contributed by atoms with Crippen LogP contribution in [0.3, 0.4) is 0 Å². The Bertz CT molecular complexity index is 244. The number of halogens is 4. The molecule has 0 saturated carbocycles. The summed E-state index contributed by atoms with van der Waals surface area (Å²) in [7, 11) is 0. The maximum Gasteiger partial charge on any atom is 0.397 e. The number of rotatable bonds is 1. The van der Waals surface area contributed by atoms with Crippen LogP contribution in [0.4, 0.5) is 13.2 Å². The molecule has 2 atom stereocenters. The van der Waals surface area contributed by atoms with E-state index < -0.39 is 18.5 Å². The molecule has 1 aliphatic heterocycles. The third-order valence-corrected chi connectivity index (χ3v) is 3.87. The Labute approximate surface area is 94.9 Å². The van der Waals surface area contributed by atoms with Crippen LogP contribution in [-0.4, -0.2) is 34.9 Å². The van der Waals surface area contributed by atoms with E-state index in [-0.39, 0.29) is 5.92 Å². The second kappa shape index (κ2) is 4.72. The van der Waals surface area contributed by atoms with Crippen LogP contribution in [0.2, 0.25) is 0 Å². The zero-order valence-electron chi connectivity index (χ0n) is 8.35. The number of carbonyl (C=O) groups is 1. The summed E-state index contributed by atoms with van der Waals surface area (Å²) in [5.74, 6) is -0.607. The molecule has 2 nitrogen and oxygen atoms in total. The molecule has 1 rings (SSSR count). The van der Waals surface area contributed by atoms with Crippen molar-refractivity contribution in [2.24, 2.45) is 5.92 Å². The van der Waals surface area contributed by atoms with Gasteiger partial charge in [-0.2, -0.15) is 13.2 Å². The Morgan fingerprint density at radius 2 is 2.13 bits per heavy atom. The highest BCUT2D eigenvalue weighted by molar-refractivity contribution is 9.09. The van der Waals surface area contributed by atoms with Crippen LogP contribution >= 0.6 is 15.9 Å². The fraction of sp³-hybridized carbons (Fsp3) is 0.889. The van der Waals surface area contributed by atoms with Gasteiger partial charge in [-0.05, 0) is 12.3 Å². The van der Waals surface area contributed by atoms with Crippen molar-refractivity contribution < 1.29 is 18.0 Å². The van der Waals surface area contributed by atoms with Crippen LogP contribution in [-0.2, 0) is 4.79 Å². The molecule has 0 aromatic rings. The second-order valence-electron chi connectivity index (χ2n) is 3.91. The maximum absolute atomic E-state index is 12.0. The van der Waals surface area contributed by atoms with Gasteiger partial charge in [-0.25, -0.2) is 0 Å². The molecular weight excluding hydrogens is 275 g/mol. The van der Waals surface area contributed by atoms with Crippen molar-refractivity contribution in [3.8, 4) is 0 Å². The van der Waals surface area contributed by atoms with Gasteiger partial charge in [-0.3, -0.25) is 4.79 Å². The molecular formula is C9H13BrF3NO. The number of nitrogens with zero attached hydrogens (tertiary/aromatic N) is 1. The van der Waals surface area contributed by atoms with Crippen molar-refractivity contribution >= 4 is 21.8 Å². The Kier molecular flexibility index (Phi) is 4.03. The van der Waals surface area contributed by atoms with Crippen LogP contribution in [0.1, 0.15) is 19.8 Å². The van der Waals surface area contributed by atoms with Gasteiger partial charge in [0.1, 0.15) is 6.42 Å². The fourth-order valence-corrected chi connectivity index (χ4v) is 2.00. The van der Waals surface area contributed by atoms with Crippen molar-refractivity contribution in [2.45, 2.75) is 30.8 Å². The first-order chi connectivity index (χ1) is 6.79. The molecule has 1 amide bonds. The Balaban J connectivity index is 2.48. The van der Waals surface area contributed by atoms with Crippen LogP contribution in [0.15, 0.2) is 0 Å². The van der Waals surface area contributed by atoms with Crippen molar-refractivity contribution in [1.29, 1.82) is 0 Å². The number of carbonyl (C=O) groups excluding carboxylic acids is 1. The monoisotopic (exact) mass is 287 g/mol. The number of piperidine rings is 1. The molecule has 6 heteroatoms. The highest BCUT2D eigenvalue weighted by Gasteiger charge is 2.35. The molecule has 1 aliphatic rings. The third-order valence-electron chi connectivity index (χ3n) is 2.50. The van der Waals surface area contributed by atoms with E-state index in [0.29, 0.717) is 24.3 Å². The Morgan fingerprint density at radius 1 is 1.53 bits per heavy atom. The lowest BCUT2D eigenvalue weighted by molar-refractivity contribution is -0.162. The zero-order chi connectivity index (χ0) is 11.6. The molecule has 2 unspecified atom stereocenters. The summed E-state index contributed by atoms with van der Waals surface area (Å²) in [5, 5.41) is 0. The molecule has 0 aliphatic carbocycles. The number of hydrogen-bond donors (Lipinski definition) is 0. The van der Waals surface area contributed by atoms with Crippen LogP contribution in [0.25, 0.3) is 0 Å². The van der Waals surface area contributed by atoms with E-state index >= 15 is 0 Å². The van der Waals surface area contributed by atoms with Crippen LogP contribution < -0.4 is 0 Å². The second-order valence-corrected chi connectivity index (χ2v) is 5.09. The van der Waals surface area contributed by atoms with Crippen molar-refractivity contribution in [3.05, 3.63) is 0 Å². The third kappa shape index (κ3) is 4.01. The van der Waals surface area contributed by atoms with Gasteiger partial charge in [-0.15, -0.1) is 0 Å². The average Bonchev–Trinajstić information content (AvgIpc) is 2.06. The topological polar surface area (TPSA) is 20.3 Å². The first-order valence-electron chi connectivity index (χ1n) is 4.78. The number of amides is 1. The Hall–Kier alpha value is -0.260. The molecule has 0 bridgehead atoms. The maximum atomic E-state index is 12.0. The smallest absolute Gasteiger partial charge is 0.342 e. The predicted molar refractivity (Wildman–Crippen MR) is 53.7 cm³/mol. The van der Waals surface area contributed by atoms with E-state index in [1.807, 2.05) is 6.92 Å². The number of likely N-dealkylation sites (tertiary alicyclic amines) is 1. The number of hydrogen-bond acceptors (Lipinski definition) is 1. The summed E-state index contributed by atoms with van der Waals surface area (Å²) in [6.07, 6.45) is -5.02. The van der Waals surface area contributed by atoms with Gasteiger partial charge in [-0.1, -0.05) is 22.9 Å². The lowest BCUT2D eigenvalue weighted by Gasteiger charge is -2.34. The molecule has 1 heterocycles. The van der Waals surface area contributed by atoms with Gasteiger partial charge < -0.3 is 4.90 Å². The van der Waals surface area contributed by atoms with E-state index in [0.717, 1.165) is 0 Å². The average molecular weight is 288 g/mol. The first kappa shape index (κ1) is 12.8. The first-order valence-corrected chi connectivity index (χ1v) is 5.70. The Morgan fingerprint density at radius 3 is 2.60 bits per heavy atom. The predicted octanol–water partition coefficient (Wildman–Crippen LogP) is 2.57. The lowest BCUT2D eigenvalue weighted by atomic mass is 10.00. The standard InChI is InChI=1S/C9H13BrF3NO/c1-6-5-14(3-2-7(6)10)8(15)4-9(11,12)13/h6-7H,2-5H2,1H3. The molecule has 0 aromatic heterocycles.